The molecule has 1 saturated heterocycles. The van der Waals surface area contributed by atoms with Gasteiger partial charge in [-0.05, 0) is 31.5 Å². The molecule has 1 aliphatic rings. The maximum atomic E-state index is 12.9. The number of carbonyl (C=O) groups excluding carboxylic acids is 1. The number of rotatable bonds is 3. The lowest BCUT2D eigenvalue weighted by Crippen LogP contribution is -2.42. The number of carbonyl (C=O) groups is 2. The van der Waals surface area contributed by atoms with E-state index in [-0.39, 0.29) is 18.5 Å². The number of nitrogens with zero attached hydrogens (tertiary/aromatic N) is 2. The molecule has 1 fully saturated rings. The van der Waals surface area contributed by atoms with Crippen LogP contribution in [0.15, 0.2) is 54.6 Å². The number of aromatic amines is 1. The number of aryl methyl sites for hydroxylation is 2. The van der Waals surface area contributed by atoms with Gasteiger partial charge in [-0.3, -0.25) is 9.59 Å². The van der Waals surface area contributed by atoms with Crippen LogP contribution in [0.3, 0.4) is 0 Å². The fourth-order valence-electron chi connectivity index (χ4n) is 3.55. The first-order valence-corrected chi connectivity index (χ1v) is 9.70. The molecule has 1 aromatic heterocycles. The molecule has 1 aliphatic heterocycles. The number of benzene rings is 2. The molecule has 3 aromatic rings. The first kappa shape index (κ1) is 21.3. The molecule has 7 nitrogen and oxygen atoms in total. The van der Waals surface area contributed by atoms with Gasteiger partial charge in [0.05, 0.1) is 18.8 Å². The summed E-state index contributed by atoms with van der Waals surface area (Å²) < 4.78 is 5.87. The quantitative estimate of drug-likeness (QED) is 0.647. The van der Waals surface area contributed by atoms with Crippen LogP contribution < -0.4 is 0 Å². The smallest absolute Gasteiger partial charge is 0.290 e. The van der Waals surface area contributed by atoms with Crippen LogP contribution in [0.25, 0.3) is 11.3 Å². The van der Waals surface area contributed by atoms with Gasteiger partial charge >= 0.3 is 0 Å². The minimum Gasteiger partial charge on any atom is -0.483 e. The lowest BCUT2D eigenvalue weighted by molar-refractivity contribution is -0.122. The van der Waals surface area contributed by atoms with Crippen molar-refractivity contribution in [3.8, 4) is 11.3 Å². The normalized spacial score (nSPS) is 15.8. The zero-order valence-electron chi connectivity index (χ0n) is 17.0. The molecule has 1 atom stereocenters. The Hall–Kier alpha value is -3.45. The van der Waals surface area contributed by atoms with Gasteiger partial charge in [0.2, 0.25) is 0 Å². The van der Waals surface area contributed by atoms with Crippen molar-refractivity contribution in [3.63, 3.8) is 0 Å². The van der Waals surface area contributed by atoms with Crippen molar-refractivity contribution < 1.29 is 19.4 Å². The summed E-state index contributed by atoms with van der Waals surface area (Å²) >= 11 is 0. The third-order valence-electron chi connectivity index (χ3n) is 4.93. The summed E-state index contributed by atoms with van der Waals surface area (Å²) in [6.07, 6.45) is -0.0714. The topological polar surface area (TPSA) is 95.5 Å². The zero-order chi connectivity index (χ0) is 21.5. The van der Waals surface area contributed by atoms with Crippen molar-refractivity contribution in [3.05, 3.63) is 77.2 Å². The van der Waals surface area contributed by atoms with Crippen molar-refractivity contribution in [2.45, 2.75) is 20.0 Å². The Kier molecular flexibility index (Phi) is 6.98. The highest BCUT2D eigenvalue weighted by atomic mass is 16.5. The molecule has 1 amide bonds. The molecule has 7 heteroatoms. The van der Waals surface area contributed by atoms with E-state index in [1.165, 1.54) is 0 Å². The number of H-pyrrole nitrogens is 1. The summed E-state index contributed by atoms with van der Waals surface area (Å²) in [7, 11) is 0. The summed E-state index contributed by atoms with van der Waals surface area (Å²) in [5, 5.41) is 6.89. The van der Waals surface area contributed by atoms with Crippen molar-refractivity contribution in [2.24, 2.45) is 0 Å². The number of carboxylic acid groups (broad SMARTS) is 1. The zero-order valence-corrected chi connectivity index (χ0v) is 17.0. The van der Waals surface area contributed by atoms with Crippen LogP contribution in [0.4, 0.5) is 0 Å². The van der Waals surface area contributed by atoms with Gasteiger partial charge in [0.1, 0.15) is 11.9 Å². The van der Waals surface area contributed by atoms with Gasteiger partial charge < -0.3 is 19.7 Å². The van der Waals surface area contributed by atoms with Gasteiger partial charge in [-0.1, -0.05) is 42.5 Å². The standard InChI is InChI=1S/C22H23N3O2.CH2O2/c1-15-21(24-16(2)23-15)18-8-10-19(11-9-18)22(26)25-12-13-27-20(14-25)17-6-4-3-5-7-17;2-1-3/h3-11,20H,12-14H2,1-2H3,(H,23,24);1H,(H,2,3). The van der Waals surface area contributed by atoms with Gasteiger partial charge in [0, 0.05) is 23.4 Å². The molecule has 156 valence electrons. The number of ether oxygens (including phenoxy) is 1. The second-order valence-corrected chi connectivity index (χ2v) is 7.00. The predicted octanol–water partition coefficient (Wildman–Crippen LogP) is 3.61. The molecule has 30 heavy (non-hydrogen) atoms. The van der Waals surface area contributed by atoms with E-state index in [9.17, 15) is 4.79 Å². The molecular formula is C23H25N3O4. The molecule has 0 saturated carbocycles. The third-order valence-corrected chi connectivity index (χ3v) is 4.93. The number of aromatic nitrogens is 2. The van der Waals surface area contributed by atoms with Gasteiger partial charge in [-0.25, -0.2) is 4.98 Å². The Morgan fingerprint density at radius 2 is 1.83 bits per heavy atom. The molecular weight excluding hydrogens is 382 g/mol. The Morgan fingerprint density at radius 3 is 2.43 bits per heavy atom. The SMILES string of the molecule is Cc1nc(-c2ccc(C(=O)N3CCOC(c4ccccc4)C3)cc2)c(C)[nH]1.O=CO. The number of hydrogen-bond acceptors (Lipinski definition) is 4. The molecule has 2 heterocycles. The minimum atomic E-state index is -0.250. The predicted molar refractivity (Wildman–Crippen MR) is 113 cm³/mol. The van der Waals surface area contributed by atoms with Gasteiger partial charge in [-0.15, -0.1) is 0 Å². The van der Waals surface area contributed by atoms with E-state index in [2.05, 4.69) is 9.97 Å². The van der Waals surface area contributed by atoms with Crippen LogP contribution in [0.2, 0.25) is 0 Å². The maximum absolute atomic E-state index is 12.9. The summed E-state index contributed by atoms with van der Waals surface area (Å²) in [5.41, 5.74) is 4.78. The van der Waals surface area contributed by atoms with Gasteiger partial charge in [-0.2, -0.15) is 0 Å². The van der Waals surface area contributed by atoms with Gasteiger partial charge in [0.15, 0.2) is 0 Å². The van der Waals surface area contributed by atoms with E-state index < -0.39 is 0 Å². The largest absolute Gasteiger partial charge is 0.483 e. The number of amides is 1. The van der Waals surface area contributed by atoms with E-state index >= 15 is 0 Å². The summed E-state index contributed by atoms with van der Waals surface area (Å²) in [5.74, 6) is 0.934. The number of morpholine rings is 1. The number of imidazole rings is 1. The van der Waals surface area contributed by atoms with Crippen LogP contribution in [-0.2, 0) is 9.53 Å². The monoisotopic (exact) mass is 407 g/mol. The highest BCUT2D eigenvalue weighted by Gasteiger charge is 2.26. The molecule has 2 aromatic carbocycles. The number of nitrogens with one attached hydrogen (secondary N) is 1. The van der Waals surface area contributed by atoms with Gasteiger partial charge in [0.25, 0.3) is 12.4 Å². The van der Waals surface area contributed by atoms with Crippen LogP contribution in [0.1, 0.15) is 33.5 Å². The average Bonchev–Trinajstić information content (AvgIpc) is 3.12. The molecule has 0 bridgehead atoms. The highest BCUT2D eigenvalue weighted by molar-refractivity contribution is 5.94. The van der Waals surface area contributed by atoms with E-state index in [1.54, 1.807) is 0 Å². The highest BCUT2D eigenvalue weighted by Crippen LogP contribution is 2.25. The van der Waals surface area contributed by atoms with Crippen molar-refractivity contribution >= 4 is 12.4 Å². The third kappa shape index (κ3) is 4.93. The van der Waals surface area contributed by atoms with E-state index in [1.807, 2.05) is 73.3 Å². The molecule has 0 spiro atoms. The Bertz CT molecular complexity index is 983. The fraction of sp³-hybridized carbons (Fsp3) is 0.261. The summed E-state index contributed by atoms with van der Waals surface area (Å²) in [6, 6.07) is 17.8. The molecule has 4 rings (SSSR count). The molecule has 0 radical (unpaired) electrons. The van der Waals surface area contributed by atoms with Crippen molar-refractivity contribution in [2.75, 3.05) is 19.7 Å². The Balaban J connectivity index is 0.000000806. The Labute approximate surface area is 175 Å². The van der Waals surface area contributed by atoms with Crippen LogP contribution in [0.5, 0.6) is 0 Å². The lowest BCUT2D eigenvalue weighted by Gasteiger charge is -2.33. The summed E-state index contributed by atoms with van der Waals surface area (Å²) in [6.45, 7) is 5.43. The maximum Gasteiger partial charge on any atom is 0.290 e. The van der Waals surface area contributed by atoms with E-state index in [0.29, 0.717) is 25.3 Å². The van der Waals surface area contributed by atoms with E-state index in [4.69, 9.17) is 14.6 Å². The molecule has 0 aliphatic carbocycles. The molecule has 1 unspecified atom stereocenters. The fourth-order valence-corrected chi connectivity index (χ4v) is 3.55. The lowest BCUT2D eigenvalue weighted by atomic mass is 10.1. The van der Waals surface area contributed by atoms with E-state index in [0.717, 1.165) is 28.3 Å². The van der Waals surface area contributed by atoms with Crippen LogP contribution in [0, 0.1) is 13.8 Å². The first-order valence-electron chi connectivity index (χ1n) is 9.70. The van der Waals surface area contributed by atoms with Crippen molar-refractivity contribution in [1.82, 2.24) is 14.9 Å². The first-order chi connectivity index (χ1) is 14.5. The second kappa shape index (κ2) is 9.84. The van der Waals surface area contributed by atoms with Crippen LogP contribution >= 0.6 is 0 Å². The average molecular weight is 407 g/mol. The number of hydrogen-bond donors (Lipinski definition) is 2. The van der Waals surface area contributed by atoms with Crippen LogP contribution in [-0.4, -0.2) is 52.1 Å². The summed E-state index contributed by atoms with van der Waals surface area (Å²) in [4.78, 5) is 30.9. The van der Waals surface area contributed by atoms with Crippen molar-refractivity contribution in [1.29, 1.82) is 0 Å². The molecule has 2 N–H and O–H groups in total. The Morgan fingerprint density at radius 1 is 1.17 bits per heavy atom. The second-order valence-electron chi connectivity index (χ2n) is 7.00. The minimum absolute atomic E-state index is 0.0423.